The summed E-state index contributed by atoms with van der Waals surface area (Å²) in [6.07, 6.45) is 0.964. The number of hydrogen-bond donors (Lipinski definition) is 0. The molecule has 1 aromatic carbocycles. The Kier molecular flexibility index (Phi) is 2.32. The Morgan fingerprint density at radius 2 is 1.70 bits per heavy atom. The number of hydrogen-bond acceptors (Lipinski definition) is 1. The Labute approximate surface area is 61.6 Å². The van der Waals surface area contributed by atoms with Gasteiger partial charge in [-0.1, -0.05) is 18.2 Å². The molecule has 0 aliphatic heterocycles. The first-order chi connectivity index (χ1) is 4.79. The zero-order valence-electron chi connectivity index (χ0n) is 6.29. The van der Waals surface area contributed by atoms with Crippen LogP contribution in [0.25, 0.3) is 0 Å². The number of para-hydroxylation sites is 1. The molecule has 0 heterocycles. The quantitative estimate of drug-likeness (QED) is 0.605. The average molecular weight is 135 g/mol. The van der Waals surface area contributed by atoms with Crippen molar-refractivity contribution in [1.29, 1.82) is 0 Å². The van der Waals surface area contributed by atoms with Gasteiger partial charge in [-0.25, -0.2) is 0 Å². The van der Waals surface area contributed by atoms with Crippen molar-refractivity contribution >= 4 is 0 Å². The van der Waals surface area contributed by atoms with E-state index in [0.29, 0.717) is 0 Å². The lowest BCUT2D eigenvalue weighted by Crippen LogP contribution is -1.95. The van der Waals surface area contributed by atoms with Gasteiger partial charge in [0, 0.05) is 0 Å². The van der Waals surface area contributed by atoms with E-state index < -0.39 is 0 Å². The number of rotatable bonds is 2. The van der Waals surface area contributed by atoms with Crippen LogP contribution in [-0.4, -0.2) is 0 Å². The van der Waals surface area contributed by atoms with Crippen molar-refractivity contribution in [2.24, 2.45) is 0 Å². The van der Waals surface area contributed by atoms with Gasteiger partial charge in [-0.15, -0.1) is 0 Å². The molecule has 0 fully saturated rings. The fraction of sp³-hybridized carbons (Fsp3) is 0.222. The second-order valence-electron chi connectivity index (χ2n) is 2.32. The molecule has 10 heavy (non-hydrogen) atoms. The third-order valence-corrected chi connectivity index (χ3v) is 1.07. The van der Waals surface area contributed by atoms with E-state index in [4.69, 9.17) is 4.74 Å². The first-order valence-electron chi connectivity index (χ1n) is 3.32. The molecule has 1 radical (unpaired) electrons. The second kappa shape index (κ2) is 3.25. The van der Waals surface area contributed by atoms with Crippen LogP contribution in [0.4, 0.5) is 0 Å². The highest BCUT2D eigenvalue weighted by Gasteiger charge is 1.94. The highest BCUT2D eigenvalue weighted by Crippen LogP contribution is 2.12. The van der Waals surface area contributed by atoms with E-state index in [-0.39, 0.29) is 0 Å². The zero-order chi connectivity index (χ0) is 7.40. The van der Waals surface area contributed by atoms with Crippen molar-refractivity contribution in [1.82, 2.24) is 0 Å². The minimum Gasteiger partial charge on any atom is -0.484 e. The molecule has 1 nitrogen and oxygen atoms in total. The van der Waals surface area contributed by atoms with Gasteiger partial charge in [0.05, 0.1) is 0 Å². The minimum atomic E-state index is 0.905. The van der Waals surface area contributed by atoms with E-state index in [1.54, 1.807) is 0 Å². The van der Waals surface area contributed by atoms with E-state index in [9.17, 15) is 0 Å². The topological polar surface area (TPSA) is 9.23 Å². The molecule has 53 valence electrons. The summed E-state index contributed by atoms with van der Waals surface area (Å²) in [6.45, 7) is 3.88. The molecule has 0 unspecified atom stereocenters. The maximum atomic E-state index is 5.33. The molecule has 0 amide bonds. The summed E-state index contributed by atoms with van der Waals surface area (Å²) in [7, 11) is 0. The molecule has 0 aliphatic carbocycles. The predicted octanol–water partition coefficient (Wildman–Crippen LogP) is 2.64. The molecular weight excluding hydrogens is 124 g/mol. The van der Waals surface area contributed by atoms with E-state index >= 15 is 0 Å². The molecule has 0 aliphatic rings. The summed E-state index contributed by atoms with van der Waals surface area (Å²) in [6, 6.07) is 9.76. The molecule has 1 heteroatoms. The van der Waals surface area contributed by atoms with Crippen molar-refractivity contribution < 1.29 is 4.74 Å². The van der Waals surface area contributed by atoms with Crippen molar-refractivity contribution in [2.45, 2.75) is 13.8 Å². The molecular formula is C9H11O. The second-order valence-corrected chi connectivity index (χ2v) is 2.32. The van der Waals surface area contributed by atoms with Crippen molar-refractivity contribution in [3.63, 3.8) is 0 Å². The fourth-order valence-electron chi connectivity index (χ4n) is 0.724. The zero-order valence-corrected chi connectivity index (χ0v) is 6.29. The van der Waals surface area contributed by atoms with Crippen LogP contribution >= 0.6 is 0 Å². The molecule has 0 spiro atoms. The van der Waals surface area contributed by atoms with Crippen LogP contribution in [0.15, 0.2) is 30.3 Å². The first-order valence-corrected chi connectivity index (χ1v) is 3.32. The van der Waals surface area contributed by atoms with Crippen LogP contribution < -0.4 is 4.74 Å². The molecule has 1 rings (SSSR count). The van der Waals surface area contributed by atoms with Gasteiger partial charge in [-0.2, -0.15) is 0 Å². The van der Waals surface area contributed by atoms with Gasteiger partial charge >= 0.3 is 0 Å². The fourth-order valence-corrected chi connectivity index (χ4v) is 0.724. The van der Waals surface area contributed by atoms with Gasteiger partial charge in [0.1, 0.15) is 11.9 Å². The van der Waals surface area contributed by atoms with Crippen molar-refractivity contribution in [3.05, 3.63) is 36.4 Å². The Morgan fingerprint density at radius 1 is 1.10 bits per heavy atom. The van der Waals surface area contributed by atoms with E-state index in [2.05, 4.69) is 0 Å². The molecule has 0 aromatic heterocycles. The highest BCUT2D eigenvalue weighted by molar-refractivity contribution is 5.21. The van der Waals surface area contributed by atoms with Gasteiger partial charge in [0.25, 0.3) is 0 Å². The van der Waals surface area contributed by atoms with Crippen molar-refractivity contribution in [3.8, 4) is 5.75 Å². The summed E-state index contributed by atoms with van der Waals surface area (Å²) < 4.78 is 5.33. The summed E-state index contributed by atoms with van der Waals surface area (Å²) in [5.41, 5.74) is 0. The van der Waals surface area contributed by atoms with Crippen LogP contribution in [0, 0.1) is 6.10 Å². The first kappa shape index (κ1) is 7.13. The Balaban J connectivity index is 2.59. The maximum Gasteiger partial charge on any atom is 0.142 e. The monoisotopic (exact) mass is 135 g/mol. The Bertz CT molecular complexity index is 179. The van der Waals surface area contributed by atoms with E-state index in [0.717, 1.165) is 11.9 Å². The SMILES string of the molecule is C[C](C)Oc1ccccc1. The standard InChI is InChI=1S/C9H11O/c1-8(2)10-9-6-4-3-5-7-9/h3-7H,1-2H3. The van der Waals surface area contributed by atoms with Gasteiger partial charge in [0.2, 0.25) is 0 Å². The lowest BCUT2D eigenvalue weighted by molar-refractivity contribution is 0.345. The summed E-state index contributed by atoms with van der Waals surface area (Å²) in [5, 5.41) is 0. The van der Waals surface area contributed by atoms with E-state index in [1.807, 2.05) is 44.2 Å². The van der Waals surface area contributed by atoms with Gasteiger partial charge in [0.15, 0.2) is 0 Å². The third-order valence-electron chi connectivity index (χ3n) is 1.07. The summed E-state index contributed by atoms with van der Waals surface area (Å²) in [4.78, 5) is 0. The summed E-state index contributed by atoms with van der Waals surface area (Å²) in [5.74, 6) is 0.905. The van der Waals surface area contributed by atoms with Crippen LogP contribution in [-0.2, 0) is 0 Å². The maximum absolute atomic E-state index is 5.33. The Hall–Kier alpha value is -0.980. The van der Waals surface area contributed by atoms with Crippen LogP contribution in [0.5, 0.6) is 5.75 Å². The van der Waals surface area contributed by atoms with Gasteiger partial charge < -0.3 is 4.74 Å². The van der Waals surface area contributed by atoms with E-state index in [1.165, 1.54) is 0 Å². The smallest absolute Gasteiger partial charge is 0.142 e. The lowest BCUT2D eigenvalue weighted by atomic mass is 10.3. The minimum absolute atomic E-state index is 0.905. The Morgan fingerprint density at radius 3 is 2.20 bits per heavy atom. The third kappa shape index (κ3) is 2.09. The lowest BCUT2D eigenvalue weighted by Gasteiger charge is -2.06. The van der Waals surface area contributed by atoms with Crippen LogP contribution in [0.2, 0.25) is 0 Å². The van der Waals surface area contributed by atoms with Gasteiger partial charge in [-0.3, -0.25) is 0 Å². The largest absolute Gasteiger partial charge is 0.484 e. The average Bonchev–Trinajstić information content (AvgIpc) is 1.88. The van der Waals surface area contributed by atoms with Crippen molar-refractivity contribution in [2.75, 3.05) is 0 Å². The number of benzene rings is 1. The van der Waals surface area contributed by atoms with Crippen LogP contribution in [0.1, 0.15) is 13.8 Å². The molecule has 0 atom stereocenters. The van der Waals surface area contributed by atoms with Crippen LogP contribution in [0.3, 0.4) is 0 Å². The molecule has 0 N–H and O–H groups in total. The highest BCUT2D eigenvalue weighted by atomic mass is 16.5. The predicted molar refractivity (Wildman–Crippen MR) is 41.7 cm³/mol. The number of ether oxygens (including phenoxy) is 1. The molecule has 0 saturated heterocycles. The molecule has 0 saturated carbocycles. The summed E-state index contributed by atoms with van der Waals surface area (Å²) >= 11 is 0. The molecule has 1 aromatic rings. The normalized spacial score (nSPS) is 9.90. The van der Waals surface area contributed by atoms with Gasteiger partial charge in [-0.05, 0) is 26.0 Å². The molecule has 0 bridgehead atoms.